The van der Waals surface area contributed by atoms with Gasteiger partial charge >= 0.3 is 0 Å². The van der Waals surface area contributed by atoms with Crippen LogP contribution < -0.4 is 5.32 Å². The second-order valence-electron chi connectivity index (χ2n) is 5.76. The molecular weight excluding hydrogens is 296 g/mol. The quantitative estimate of drug-likeness (QED) is 0.862. The molecule has 0 bridgehead atoms. The Hall–Kier alpha value is -2.12. The van der Waals surface area contributed by atoms with Crippen molar-refractivity contribution in [3.63, 3.8) is 0 Å². The van der Waals surface area contributed by atoms with E-state index in [1.54, 1.807) is 12.5 Å². The van der Waals surface area contributed by atoms with E-state index < -0.39 is 0 Å². The van der Waals surface area contributed by atoms with Crippen molar-refractivity contribution in [1.82, 2.24) is 20.0 Å². The van der Waals surface area contributed by atoms with Crippen LogP contribution in [0.4, 0.5) is 0 Å². The first-order valence-electron chi connectivity index (χ1n) is 7.85. The van der Waals surface area contributed by atoms with E-state index in [4.69, 9.17) is 9.15 Å². The van der Waals surface area contributed by atoms with E-state index in [1.165, 1.54) is 0 Å². The number of morpholine rings is 1. The van der Waals surface area contributed by atoms with Gasteiger partial charge in [0.1, 0.15) is 5.76 Å². The third-order valence-electron chi connectivity index (χ3n) is 3.89. The molecule has 0 spiro atoms. The number of carbonyl (C=O) groups excluding carboxylic acids is 1. The minimum Gasteiger partial charge on any atom is -0.467 e. The van der Waals surface area contributed by atoms with Crippen molar-refractivity contribution < 1.29 is 13.9 Å². The van der Waals surface area contributed by atoms with Gasteiger partial charge in [0.2, 0.25) is 5.91 Å². The molecule has 1 saturated heterocycles. The Morgan fingerprint density at radius 1 is 1.52 bits per heavy atom. The number of furan rings is 1. The SMILES string of the molecule is CC(NC(=O)CN1CCOC(Cn2cccn2)C1)c1ccco1. The van der Waals surface area contributed by atoms with Gasteiger partial charge in [0.05, 0.1) is 38.1 Å². The Kier molecular flexibility index (Phi) is 5.09. The molecule has 7 heteroatoms. The van der Waals surface area contributed by atoms with Crippen molar-refractivity contribution >= 4 is 5.91 Å². The number of nitrogens with zero attached hydrogens (tertiary/aromatic N) is 3. The molecule has 3 heterocycles. The summed E-state index contributed by atoms with van der Waals surface area (Å²) in [6, 6.07) is 5.45. The maximum atomic E-state index is 12.2. The average Bonchev–Trinajstić information content (AvgIpc) is 3.20. The van der Waals surface area contributed by atoms with E-state index in [0.717, 1.165) is 18.8 Å². The molecular formula is C16H22N4O3. The first kappa shape index (κ1) is 15.8. The maximum absolute atomic E-state index is 12.2. The van der Waals surface area contributed by atoms with E-state index in [0.29, 0.717) is 19.7 Å². The number of hydrogen-bond acceptors (Lipinski definition) is 5. The van der Waals surface area contributed by atoms with Gasteiger partial charge < -0.3 is 14.5 Å². The fraction of sp³-hybridized carbons (Fsp3) is 0.500. The van der Waals surface area contributed by atoms with Crippen molar-refractivity contribution in [2.45, 2.75) is 25.6 Å². The summed E-state index contributed by atoms with van der Waals surface area (Å²) in [4.78, 5) is 14.3. The molecule has 2 atom stereocenters. The molecule has 1 fully saturated rings. The van der Waals surface area contributed by atoms with Crippen LogP contribution in [0.25, 0.3) is 0 Å². The molecule has 7 nitrogen and oxygen atoms in total. The third kappa shape index (κ3) is 4.43. The van der Waals surface area contributed by atoms with Crippen LogP contribution in [0.5, 0.6) is 0 Å². The van der Waals surface area contributed by atoms with Gasteiger partial charge in [-0.25, -0.2) is 0 Å². The van der Waals surface area contributed by atoms with Crippen LogP contribution in [0.1, 0.15) is 18.7 Å². The van der Waals surface area contributed by atoms with E-state index >= 15 is 0 Å². The number of nitrogens with one attached hydrogen (secondary N) is 1. The van der Waals surface area contributed by atoms with Crippen molar-refractivity contribution in [3.05, 3.63) is 42.6 Å². The molecule has 3 rings (SSSR count). The van der Waals surface area contributed by atoms with Crippen LogP contribution in [-0.4, -0.2) is 52.9 Å². The second kappa shape index (κ2) is 7.43. The summed E-state index contributed by atoms with van der Waals surface area (Å²) in [7, 11) is 0. The minimum atomic E-state index is -0.126. The van der Waals surface area contributed by atoms with Crippen molar-refractivity contribution in [2.75, 3.05) is 26.2 Å². The summed E-state index contributed by atoms with van der Waals surface area (Å²) < 4.78 is 12.9. The minimum absolute atomic E-state index is 0.00589. The van der Waals surface area contributed by atoms with Gasteiger partial charge in [-0.3, -0.25) is 14.4 Å². The number of rotatable bonds is 6. The average molecular weight is 318 g/mol. The highest BCUT2D eigenvalue weighted by Gasteiger charge is 2.23. The van der Waals surface area contributed by atoms with E-state index in [9.17, 15) is 4.79 Å². The molecule has 0 radical (unpaired) electrons. The number of amides is 1. The molecule has 0 saturated carbocycles. The first-order chi connectivity index (χ1) is 11.2. The van der Waals surface area contributed by atoms with Gasteiger partial charge in [-0.2, -0.15) is 5.10 Å². The van der Waals surface area contributed by atoms with Crippen LogP contribution in [0.2, 0.25) is 0 Å². The predicted molar refractivity (Wildman–Crippen MR) is 83.7 cm³/mol. The summed E-state index contributed by atoms with van der Waals surface area (Å²) in [6.45, 7) is 5.10. The van der Waals surface area contributed by atoms with Crippen LogP contribution in [-0.2, 0) is 16.1 Å². The molecule has 1 amide bonds. The van der Waals surface area contributed by atoms with Gasteiger partial charge in [0.15, 0.2) is 0 Å². The summed E-state index contributed by atoms with van der Waals surface area (Å²) in [6.07, 6.45) is 5.34. The monoisotopic (exact) mass is 318 g/mol. The zero-order valence-corrected chi connectivity index (χ0v) is 13.2. The van der Waals surface area contributed by atoms with Crippen LogP contribution in [0.3, 0.4) is 0 Å². The lowest BCUT2D eigenvalue weighted by Crippen LogP contribution is -2.48. The topological polar surface area (TPSA) is 72.5 Å². The van der Waals surface area contributed by atoms with Gasteiger partial charge in [-0.1, -0.05) is 0 Å². The molecule has 23 heavy (non-hydrogen) atoms. The number of hydrogen-bond donors (Lipinski definition) is 1. The lowest BCUT2D eigenvalue weighted by atomic mass is 10.2. The predicted octanol–water partition coefficient (Wildman–Crippen LogP) is 1.05. The van der Waals surface area contributed by atoms with Crippen LogP contribution in [0.15, 0.2) is 41.3 Å². The molecule has 1 aliphatic heterocycles. The Bertz CT molecular complexity index is 597. The van der Waals surface area contributed by atoms with E-state index in [-0.39, 0.29) is 18.1 Å². The summed E-state index contributed by atoms with van der Waals surface area (Å²) in [5, 5.41) is 7.15. The van der Waals surface area contributed by atoms with Gasteiger partial charge in [-0.15, -0.1) is 0 Å². The highest BCUT2D eigenvalue weighted by atomic mass is 16.5. The zero-order chi connectivity index (χ0) is 16.1. The van der Waals surface area contributed by atoms with Crippen LogP contribution in [0, 0.1) is 0 Å². The fourth-order valence-electron chi connectivity index (χ4n) is 2.75. The molecule has 0 aromatic carbocycles. The molecule has 124 valence electrons. The Balaban J connectivity index is 1.46. The molecule has 2 aromatic heterocycles. The third-order valence-corrected chi connectivity index (χ3v) is 3.89. The first-order valence-corrected chi connectivity index (χ1v) is 7.85. The largest absolute Gasteiger partial charge is 0.467 e. The molecule has 1 N–H and O–H groups in total. The molecule has 0 aliphatic carbocycles. The Morgan fingerprint density at radius 3 is 3.17 bits per heavy atom. The molecule has 1 aliphatic rings. The highest BCUT2D eigenvalue weighted by Crippen LogP contribution is 2.12. The number of carbonyl (C=O) groups is 1. The van der Waals surface area contributed by atoms with E-state index in [2.05, 4.69) is 15.3 Å². The normalized spacial score (nSPS) is 20.3. The molecule has 2 unspecified atom stereocenters. The standard InChI is InChI=1S/C16H22N4O3/c1-13(15-4-2-8-23-15)18-16(21)12-19-7-9-22-14(10-19)11-20-6-3-5-17-20/h2-6,8,13-14H,7,9-12H2,1H3,(H,18,21). The lowest BCUT2D eigenvalue weighted by molar-refractivity contribution is -0.125. The second-order valence-corrected chi connectivity index (χ2v) is 5.76. The highest BCUT2D eigenvalue weighted by molar-refractivity contribution is 5.78. The van der Waals surface area contributed by atoms with Crippen molar-refractivity contribution in [1.29, 1.82) is 0 Å². The summed E-state index contributed by atoms with van der Waals surface area (Å²) in [5.41, 5.74) is 0. The van der Waals surface area contributed by atoms with Gasteiger partial charge in [0, 0.05) is 25.5 Å². The van der Waals surface area contributed by atoms with Crippen LogP contribution >= 0.6 is 0 Å². The lowest BCUT2D eigenvalue weighted by Gasteiger charge is -2.32. The van der Waals surface area contributed by atoms with E-state index in [1.807, 2.05) is 36.0 Å². The molecule has 2 aromatic rings. The zero-order valence-electron chi connectivity index (χ0n) is 13.2. The fourth-order valence-corrected chi connectivity index (χ4v) is 2.75. The summed E-state index contributed by atoms with van der Waals surface area (Å²) >= 11 is 0. The van der Waals surface area contributed by atoms with Crippen molar-refractivity contribution in [2.24, 2.45) is 0 Å². The van der Waals surface area contributed by atoms with Gasteiger partial charge in [0.25, 0.3) is 0 Å². The van der Waals surface area contributed by atoms with Crippen molar-refractivity contribution in [3.8, 4) is 0 Å². The Labute approximate surface area is 135 Å². The summed E-state index contributed by atoms with van der Waals surface area (Å²) in [5.74, 6) is 0.755. The smallest absolute Gasteiger partial charge is 0.234 e. The number of aromatic nitrogens is 2. The maximum Gasteiger partial charge on any atom is 0.234 e. The van der Waals surface area contributed by atoms with Gasteiger partial charge in [-0.05, 0) is 25.1 Å². The Morgan fingerprint density at radius 2 is 2.43 bits per heavy atom. The number of ether oxygens (including phenoxy) is 1.